The number of nitrogens with zero attached hydrogens (tertiary/aromatic N) is 1. The molecule has 3 nitrogen and oxygen atoms in total. The number of amides is 1. The molecule has 3 heteroatoms. The van der Waals surface area contributed by atoms with Crippen molar-refractivity contribution in [1.29, 1.82) is 0 Å². The molecule has 4 rings (SSSR count). The fourth-order valence-electron chi connectivity index (χ4n) is 5.14. The Hall–Kier alpha value is -0.570. The summed E-state index contributed by atoms with van der Waals surface area (Å²) in [5, 5.41) is 3.08. The van der Waals surface area contributed by atoms with Gasteiger partial charge in [0.15, 0.2) is 0 Å². The van der Waals surface area contributed by atoms with E-state index < -0.39 is 0 Å². The van der Waals surface area contributed by atoms with Crippen molar-refractivity contribution in [2.24, 2.45) is 17.8 Å². The Morgan fingerprint density at radius 2 is 1.67 bits per heavy atom. The van der Waals surface area contributed by atoms with Gasteiger partial charge in [0.2, 0.25) is 5.91 Å². The van der Waals surface area contributed by atoms with Crippen LogP contribution in [-0.4, -0.2) is 37.0 Å². The van der Waals surface area contributed by atoms with Crippen molar-refractivity contribution in [3.05, 3.63) is 0 Å². The molecule has 4 bridgehead atoms. The molecule has 1 N–H and O–H groups in total. The first-order valence-electron chi connectivity index (χ1n) is 7.54. The molecule has 4 saturated carbocycles. The third kappa shape index (κ3) is 1.97. The van der Waals surface area contributed by atoms with E-state index in [0.717, 1.165) is 24.3 Å². The molecular weight excluding hydrogens is 224 g/mol. The standard InChI is InChI=1S/C15H26N2O/c1-16-4-3-14(18)17(2)15-8-11-5-12(9-15)7-13(6-11)10-15/h11-13,16H,3-10H2,1-2H3. The van der Waals surface area contributed by atoms with Crippen molar-refractivity contribution >= 4 is 5.91 Å². The van der Waals surface area contributed by atoms with Crippen LogP contribution in [0.5, 0.6) is 0 Å². The van der Waals surface area contributed by atoms with Gasteiger partial charge in [-0.1, -0.05) is 0 Å². The molecule has 0 spiro atoms. The van der Waals surface area contributed by atoms with Gasteiger partial charge in [-0.3, -0.25) is 4.79 Å². The summed E-state index contributed by atoms with van der Waals surface area (Å²) in [6, 6.07) is 0. The van der Waals surface area contributed by atoms with Gasteiger partial charge in [-0.2, -0.15) is 0 Å². The molecule has 0 aromatic carbocycles. The van der Waals surface area contributed by atoms with Crippen LogP contribution < -0.4 is 5.32 Å². The van der Waals surface area contributed by atoms with Gasteiger partial charge in [-0.05, 0) is 63.3 Å². The molecule has 0 radical (unpaired) electrons. The maximum Gasteiger partial charge on any atom is 0.224 e. The number of hydrogen-bond acceptors (Lipinski definition) is 2. The second-order valence-corrected chi connectivity index (χ2v) is 6.95. The molecule has 0 unspecified atom stereocenters. The summed E-state index contributed by atoms with van der Waals surface area (Å²) in [5.74, 6) is 3.08. The highest BCUT2D eigenvalue weighted by Crippen LogP contribution is 2.57. The van der Waals surface area contributed by atoms with Crippen LogP contribution >= 0.6 is 0 Å². The van der Waals surface area contributed by atoms with Crippen LogP contribution in [0.1, 0.15) is 44.9 Å². The van der Waals surface area contributed by atoms with E-state index in [2.05, 4.69) is 17.3 Å². The van der Waals surface area contributed by atoms with Gasteiger partial charge in [0.05, 0.1) is 0 Å². The predicted octanol–water partition coefficient (Wildman–Crippen LogP) is 2.02. The molecule has 0 saturated heterocycles. The molecule has 0 aromatic rings. The van der Waals surface area contributed by atoms with E-state index in [0.29, 0.717) is 12.3 Å². The SMILES string of the molecule is CNCCC(=O)N(C)C12CC3CC(CC(C3)C1)C2. The van der Waals surface area contributed by atoms with Crippen molar-refractivity contribution in [2.75, 3.05) is 20.6 Å². The smallest absolute Gasteiger partial charge is 0.224 e. The maximum atomic E-state index is 12.3. The Labute approximate surface area is 110 Å². The summed E-state index contributed by atoms with van der Waals surface area (Å²) in [7, 11) is 3.98. The molecule has 4 fully saturated rings. The minimum Gasteiger partial charge on any atom is -0.340 e. The lowest BCUT2D eigenvalue weighted by Gasteiger charge is -2.59. The van der Waals surface area contributed by atoms with Gasteiger partial charge in [-0.15, -0.1) is 0 Å². The molecule has 4 aliphatic carbocycles. The molecule has 102 valence electrons. The number of nitrogens with one attached hydrogen (secondary N) is 1. The van der Waals surface area contributed by atoms with Crippen molar-refractivity contribution in [3.63, 3.8) is 0 Å². The summed E-state index contributed by atoms with van der Waals surface area (Å²) >= 11 is 0. The van der Waals surface area contributed by atoms with E-state index in [1.807, 2.05) is 7.05 Å². The highest BCUT2D eigenvalue weighted by Gasteiger charge is 2.53. The first kappa shape index (κ1) is 12.5. The van der Waals surface area contributed by atoms with Crippen LogP contribution in [0.3, 0.4) is 0 Å². The monoisotopic (exact) mass is 250 g/mol. The Balaban J connectivity index is 1.72. The van der Waals surface area contributed by atoms with E-state index >= 15 is 0 Å². The third-order valence-electron chi connectivity index (χ3n) is 5.68. The summed E-state index contributed by atoms with van der Waals surface area (Å²) in [6.07, 6.45) is 8.81. The zero-order chi connectivity index (χ0) is 12.8. The van der Waals surface area contributed by atoms with Gasteiger partial charge >= 0.3 is 0 Å². The quantitative estimate of drug-likeness (QED) is 0.828. The lowest BCUT2D eigenvalue weighted by molar-refractivity contribution is -0.147. The van der Waals surface area contributed by atoms with Crippen LogP contribution in [0.2, 0.25) is 0 Å². The third-order valence-corrected chi connectivity index (χ3v) is 5.68. The average molecular weight is 250 g/mol. The van der Waals surface area contributed by atoms with Crippen molar-refractivity contribution < 1.29 is 4.79 Å². The van der Waals surface area contributed by atoms with E-state index in [1.165, 1.54) is 38.5 Å². The Morgan fingerprint density at radius 3 is 2.11 bits per heavy atom. The fraction of sp³-hybridized carbons (Fsp3) is 0.933. The van der Waals surface area contributed by atoms with Crippen molar-refractivity contribution in [2.45, 2.75) is 50.5 Å². The van der Waals surface area contributed by atoms with E-state index in [-0.39, 0.29) is 5.54 Å². The molecule has 0 aliphatic heterocycles. The van der Waals surface area contributed by atoms with Crippen LogP contribution in [0, 0.1) is 17.8 Å². The van der Waals surface area contributed by atoms with Crippen molar-refractivity contribution in [1.82, 2.24) is 10.2 Å². The summed E-state index contributed by atoms with van der Waals surface area (Å²) in [6.45, 7) is 0.801. The Morgan fingerprint density at radius 1 is 1.17 bits per heavy atom. The Kier molecular flexibility index (Phi) is 3.13. The number of rotatable bonds is 4. The zero-order valence-electron chi connectivity index (χ0n) is 11.7. The second kappa shape index (κ2) is 4.52. The van der Waals surface area contributed by atoms with E-state index in [9.17, 15) is 4.79 Å². The number of carbonyl (C=O) groups is 1. The molecule has 4 aliphatic rings. The van der Waals surface area contributed by atoms with Crippen LogP contribution in [-0.2, 0) is 4.79 Å². The minimum absolute atomic E-state index is 0.236. The first-order valence-corrected chi connectivity index (χ1v) is 7.54. The topological polar surface area (TPSA) is 32.3 Å². The molecule has 0 heterocycles. The van der Waals surface area contributed by atoms with Crippen LogP contribution in [0.15, 0.2) is 0 Å². The van der Waals surface area contributed by atoms with Gasteiger partial charge in [0, 0.05) is 25.6 Å². The predicted molar refractivity (Wildman–Crippen MR) is 72.2 cm³/mol. The zero-order valence-corrected chi connectivity index (χ0v) is 11.7. The van der Waals surface area contributed by atoms with E-state index in [1.54, 1.807) is 0 Å². The molecule has 1 amide bonds. The number of hydrogen-bond donors (Lipinski definition) is 1. The fourth-order valence-corrected chi connectivity index (χ4v) is 5.14. The first-order chi connectivity index (χ1) is 8.63. The van der Waals surface area contributed by atoms with Crippen molar-refractivity contribution in [3.8, 4) is 0 Å². The minimum atomic E-state index is 0.236. The van der Waals surface area contributed by atoms with Crippen LogP contribution in [0.4, 0.5) is 0 Å². The summed E-state index contributed by atoms with van der Waals surface area (Å²) in [4.78, 5) is 14.4. The highest BCUT2D eigenvalue weighted by atomic mass is 16.2. The average Bonchev–Trinajstić information content (AvgIpc) is 2.33. The Bertz CT molecular complexity index is 304. The van der Waals surface area contributed by atoms with Crippen LogP contribution in [0.25, 0.3) is 0 Å². The van der Waals surface area contributed by atoms with Gasteiger partial charge in [0.1, 0.15) is 0 Å². The molecule has 0 aromatic heterocycles. The lowest BCUT2D eigenvalue weighted by atomic mass is 9.52. The largest absolute Gasteiger partial charge is 0.340 e. The summed E-state index contributed by atoms with van der Waals surface area (Å²) in [5.41, 5.74) is 0.236. The highest BCUT2D eigenvalue weighted by molar-refractivity contribution is 5.77. The molecule has 18 heavy (non-hydrogen) atoms. The molecular formula is C15H26N2O. The maximum absolute atomic E-state index is 12.3. The second-order valence-electron chi connectivity index (χ2n) is 6.95. The molecule has 0 atom stereocenters. The van der Waals surface area contributed by atoms with Gasteiger partial charge in [-0.25, -0.2) is 0 Å². The lowest BCUT2D eigenvalue weighted by Crippen LogP contribution is -2.60. The van der Waals surface area contributed by atoms with Gasteiger partial charge in [0.25, 0.3) is 0 Å². The van der Waals surface area contributed by atoms with Gasteiger partial charge < -0.3 is 10.2 Å². The number of carbonyl (C=O) groups excluding carboxylic acids is 1. The van der Waals surface area contributed by atoms with E-state index in [4.69, 9.17) is 0 Å². The normalized spacial score (nSPS) is 41.1. The summed E-state index contributed by atoms with van der Waals surface area (Å²) < 4.78 is 0.